The summed E-state index contributed by atoms with van der Waals surface area (Å²) >= 11 is 0. The second-order valence-corrected chi connectivity index (χ2v) is 8.46. The van der Waals surface area contributed by atoms with Crippen LogP contribution in [0.3, 0.4) is 0 Å². The molecular weight excluding hydrogens is 348 g/mol. The van der Waals surface area contributed by atoms with Crippen molar-refractivity contribution < 1.29 is 22.8 Å². The molecule has 1 aliphatic rings. The largest absolute Gasteiger partial charge is 0.302 e. The van der Waals surface area contributed by atoms with Crippen molar-refractivity contribution in [3.63, 3.8) is 0 Å². The monoisotopic (exact) mass is 360 g/mol. The zero-order valence-electron chi connectivity index (χ0n) is 11.4. The van der Waals surface area contributed by atoms with E-state index in [0.717, 1.165) is 32.3 Å². The fraction of sp³-hybridized carbons (Fsp3) is 0.250. The molecule has 0 radical (unpaired) electrons. The summed E-state index contributed by atoms with van der Waals surface area (Å²) < 4.78 is 25.3. The highest BCUT2D eigenvalue weighted by atomic mass is 33.1. The molecule has 2 amide bonds. The molecule has 1 aromatic carbocycles. The van der Waals surface area contributed by atoms with Crippen LogP contribution >= 0.6 is 21.8 Å². The molecule has 22 heavy (non-hydrogen) atoms. The van der Waals surface area contributed by atoms with E-state index in [9.17, 15) is 22.8 Å². The van der Waals surface area contributed by atoms with Crippen LogP contribution < -0.4 is 4.72 Å². The second kappa shape index (κ2) is 6.82. The van der Waals surface area contributed by atoms with Gasteiger partial charge in [0.05, 0.1) is 23.4 Å². The highest BCUT2D eigenvalue weighted by molar-refractivity contribution is 8.76. The molecule has 7 nitrogen and oxygen atoms in total. The van der Waals surface area contributed by atoms with Crippen LogP contribution in [0.5, 0.6) is 0 Å². The van der Waals surface area contributed by atoms with E-state index in [1.54, 1.807) is 24.3 Å². The van der Waals surface area contributed by atoms with Gasteiger partial charge in [-0.3, -0.25) is 9.59 Å². The molecule has 0 saturated heterocycles. The van der Waals surface area contributed by atoms with Gasteiger partial charge < -0.3 is 4.79 Å². The van der Waals surface area contributed by atoms with Crippen molar-refractivity contribution in [2.45, 2.75) is 6.04 Å². The predicted molar refractivity (Wildman–Crippen MR) is 84.8 cm³/mol. The summed E-state index contributed by atoms with van der Waals surface area (Å²) in [7, 11) is -1.57. The Morgan fingerprint density at radius 2 is 1.77 bits per heavy atom. The van der Waals surface area contributed by atoms with E-state index in [0.29, 0.717) is 17.4 Å². The van der Waals surface area contributed by atoms with Crippen LogP contribution in [0.25, 0.3) is 0 Å². The van der Waals surface area contributed by atoms with E-state index in [-0.39, 0.29) is 5.75 Å². The summed E-state index contributed by atoms with van der Waals surface area (Å²) in [5.41, 5.74) is 0.670. The summed E-state index contributed by atoms with van der Waals surface area (Å²) in [4.78, 5) is 35.0. The first-order valence-electron chi connectivity index (χ1n) is 6.03. The fourth-order valence-electron chi connectivity index (χ4n) is 1.77. The van der Waals surface area contributed by atoms with Crippen molar-refractivity contribution >= 4 is 49.9 Å². The highest BCUT2D eigenvalue weighted by Crippen LogP contribution is 2.34. The number of rotatable bonds is 7. The van der Waals surface area contributed by atoms with Crippen LogP contribution in [-0.4, -0.2) is 48.9 Å². The molecule has 10 heteroatoms. The van der Waals surface area contributed by atoms with Gasteiger partial charge in [0.15, 0.2) is 0 Å². The average Bonchev–Trinajstić information content (AvgIpc) is 2.70. The summed E-state index contributed by atoms with van der Waals surface area (Å²) in [6.07, 6.45) is 1.42. The molecule has 0 saturated carbocycles. The SMILES string of the molecule is CS(=O)(=O)N[C@H](C=O)CSSN1C(=O)c2ccccc2C1=O. The van der Waals surface area contributed by atoms with Gasteiger partial charge in [0, 0.05) is 16.7 Å². The molecule has 0 unspecified atom stereocenters. The van der Waals surface area contributed by atoms with Crippen molar-refractivity contribution in [1.82, 2.24) is 9.03 Å². The maximum atomic E-state index is 12.1. The number of carbonyl (C=O) groups excluding carboxylic acids is 3. The minimum atomic E-state index is -3.50. The number of hydrogen-bond acceptors (Lipinski definition) is 7. The lowest BCUT2D eigenvalue weighted by Crippen LogP contribution is -2.37. The Bertz CT molecular complexity index is 684. The molecule has 1 N–H and O–H groups in total. The van der Waals surface area contributed by atoms with Crippen LogP contribution in [0, 0.1) is 0 Å². The van der Waals surface area contributed by atoms with E-state index in [2.05, 4.69) is 4.72 Å². The zero-order chi connectivity index (χ0) is 16.3. The molecule has 0 aromatic heterocycles. The van der Waals surface area contributed by atoms with Gasteiger partial charge in [-0.05, 0) is 12.1 Å². The quantitative estimate of drug-likeness (QED) is 0.330. The molecule has 0 fully saturated rings. The van der Waals surface area contributed by atoms with Gasteiger partial charge >= 0.3 is 0 Å². The van der Waals surface area contributed by atoms with Gasteiger partial charge in [-0.25, -0.2) is 17.4 Å². The Labute approximate surface area is 135 Å². The standard InChI is InChI=1S/C12H12N2O5S3/c1-22(18,19)13-8(6-15)7-20-21-14-11(16)9-4-2-3-5-10(9)12(14)17/h2-6,8,13H,7H2,1H3/t8-/m1/s1. The Morgan fingerprint density at radius 3 is 2.23 bits per heavy atom. The van der Waals surface area contributed by atoms with E-state index in [4.69, 9.17) is 0 Å². The number of sulfonamides is 1. The third kappa shape index (κ3) is 3.88. The van der Waals surface area contributed by atoms with Crippen LogP contribution in [0.1, 0.15) is 20.7 Å². The summed E-state index contributed by atoms with van der Waals surface area (Å²) in [6.45, 7) is 0. The number of carbonyl (C=O) groups is 3. The number of benzene rings is 1. The van der Waals surface area contributed by atoms with Crippen LogP contribution in [0.15, 0.2) is 24.3 Å². The van der Waals surface area contributed by atoms with Gasteiger partial charge in [0.1, 0.15) is 6.29 Å². The van der Waals surface area contributed by atoms with Gasteiger partial charge in [-0.15, -0.1) is 0 Å². The third-order valence-electron chi connectivity index (χ3n) is 2.66. The van der Waals surface area contributed by atoms with E-state index < -0.39 is 27.9 Å². The highest BCUT2D eigenvalue weighted by Gasteiger charge is 2.36. The number of hydrogen-bond donors (Lipinski definition) is 1. The van der Waals surface area contributed by atoms with Gasteiger partial charge in [0.25, 0.3) is 11.8 Å². The number of imide groups is 1. The Balaban J connectivity index is 1.95. The first-order chi connectivity index (χ1) is 10.3. The maximum Gasteiger partial charge on any atom is 0.272 e. The molecule has 118 valence electrons. The molecule has 1 aliphatic heterocycles. The Hall–Kier alpha value is -1.36. The van der Waals surface area contributed by atoms with Crippen molar-refractivity contribution in [3.8, 4) is 0 Å². The second-order valence-electron chi connectivity index (χ2n) is 4.44. The lowest BCUT2D eigenvalue weighted by molar-refractivity contribution is -0.108. The summed E-state index contributed by atoms with van der Waals surface area (Å²) in [5, 5.41) is 0. The number of amides is 2. The number of nitrogens with one attached hydrogen (secondary N) is 1. The summed E-state index contributed by atoms with van der Waals surface area (Å²) in [5.74, 6) is -0.747. The molecule has 1 atom stereocenters. The molecule has 0 spiro atoms. The van der Waals surface area contributed by atoms with Crippen LogP contribution in [0.4, 0.5) is 0 Å². The molecule has 1 heterocycles. The van der Waals surface area contributed by atoms with Crippen LogP contribution in [-0.2, 0) is 14.8 Å². The van der Waals surface area contributed by atoms with Gasteiger partial charge in [-0.1, -0.05) is 22.9 Å². The summed E-state index contributed by atoms with van der Waals surface area (Å²) in [6, 6.07) is 5.57. The fourth-order valence-corrected chi connectivity index (χ4v) is 4.71. The Kier molecular flexibility index (Phi) is 5.27. The number of aldehydes is 1. The molecule has 2 rings (SSSR count). The number of nitrogens with zero attached hydrogens (tertiary/aromatic N) is 1. The zero-order valence-corrected chi connectivity index (χ0v) is 13.8. The lowest BCUT2D eigenvalue weighted by atomic mass is 10.1. The van der Waals surface area contributed by atoms with Crippen molar-refractivity contribution in [2.75, 3.05) is 12.0 Å². The van der Waals surface area contributed by atoms with Crippen molar-refractivity contribution in [2.24, 2.45) is 0 Å². The topological polar surface area (TPSA) is 101 Å². The van der Waals surface area contributed by atoms with Crippen molar-refractivity contribution in [1.29, 1.82) is 0 Å². The first kappa shape index (κ1) is 17.0. The molecule has 0 aliphatic carbocycles. The molecule has 0 bridgehead atoms. The lowest BCUT2D eigenvalue weighted by Gasteiger charge is -2.13. The molecular formula is C12H12N2O5S3. The smallest absolute Gasteiger partial charge is 0.272 e. The Morgan fingerprint density at radius 1 is 1.23 bits per heavy atom. The van der Waals surface area contributed by atoms with Crippen LogP contribution in [0.2, 0.25) is 0 Å². The third-order valence-corrected chi connectivity index (χ3v) is 5.65. The van der Waals surface area contributed by atoms with Gasteiger partial charge in [-0.2, -0.15) is 0 Å². The average molecular weight is 360 g/mol. The van der Waals surface area contributed by atoms with Crippen molar-refractivity contribution in [3.05, 3.63) is 35.4 Å². The van der Waals surface area contributed by atoms with E-state index in [1.807, 2.05) is 0 Å². The van der Waals surface area contributed by atoms with E-state index in [1.165, 1.54) is 0 Å². The first-order valence-corrected chi connectivity index (χ1v) is 10.2. The maximum absolute atomic E-state index is 12.1. The normalized spacial score (nSPS) is 15.8. The minimum absolute atomic E-state index is 0.0919. The minimum Gasteiger partial charge on any atom is -0.302 e. The van der Waals surface area contributed by atoms with E-state index >= 15 is 0 Å². The predicted octanol–water partition coefficient (Wildman–Crippen LogP) is 0.696. The van der Waals surface area contributed by atoms with Gasteiger partial charge in [0.2, 0.25) is 10.0 Å². The molecule has 1 aromatic rings. The number of fused-ring (bicyclic) bond motifs is 1.